The van der Waals surface area contributed by atoms with E-state index in [0.29, 0.717) is 5.02 Å². The van der Waals surface area contributed by atoms with Crippen molar-refractivity contribution in [3.8, 4) is 11.8 Å². The number of carbonyl (C=O) groups is 1. The van der Waals surface area contributed by atoms with E-state index < -0.39 is 23.4 Å². The predicted molar refractivity (Wildman–Crippen MR) is 75.2 cm³/mol. The molecular formula is C11H8Cl2N4O5. The molecule has 0 fully saturated rings. The Balaban J connectivity index is 2.35. The van der Waals surface area contributed by atoms with Gasteiger partial charge in [0.25, 0.3) is 0 Å². The summed E-state index contributed by atoms with van der Waals surface area (Å²) in [6.45, 7) is -0.405. The molecule has 2 aromatic rings. The molecule has 1 aromatic carbocycles. The van der Waals surface area contributed by atoms with Crippen molar-refractivity contribution >= 4 is 35.1 Å². The van der Waals surface area contributed by atoms with E-state index in [1.165, 1.54) is 25.3 Å². The Bertz CT molecular complexity index is 733. The number of aromatic nitrogens is 3. The zero-order valence-electron chi connectivity index (χ0n) is 11.0. The lowest BCUT2D eigenvalue weighted by molar-refractivity contribution is -0.394. The van der Waals surface area contributed by atoms with E-state index in [0.717, 1.165) is 4.68 Å². The average molecular weight is 347 g/mol. The van der Waals surface area contributed by atoms with Crippen molar-refractivity contribution in [2.75, 3.05) is 7.11 Å². The maximum absolute atomic E-state index is 11.3. The molecule has 2 rings (SSSR count). The van der Waals surface area contributed by atoms with Crippen molar-refractivity contribution in [3.63, 3.8) is 0 Å². The maximum Gasteiger partial charge on any atom is 0.494 e. The molecule has 11 heteroatoms. The van der Waals surface area contributed by atoms with Crippen LogP contribution in [0.2, 0.25) is 10.0 Å². The molecule has 22 heavy (non-hydrogen) atoms. The Labute approximate surface area is 133 Å². The third-order valence-corrected chi connectivity index (χ3v) is 2.92. The molecule has 0 radical (unpaired) electrons. The van der Waals surface area contributed by atoms with Crippen molar-refractivity contribution in [1.82, 2.24) is 14.8 Å². The minimum absolute atomic E-state index is 0.152. The second kappa shape index (κ2) is 6.58. The fourth-order valence-corrected chi connectivity index (χ4v) is 1.86. The first-order chi connectivity index (χ1) is 10.4. The van der Waals surface area contributed by atoms with Crippen LogP contribution in [0.3, 0.4) is 0 Å². The minimum atomic E-state index is -0.815. The molecule has 0 aliphatic heterocycles. The quantitative estimate of drug-likeness (QED) is 0.464. The number of halogens is 2. The van der Waals surface area contributed by atoms with E-state index in [9.17, 15) is 14.9 Å². The molecule has 1 aromatic heterocycles. The van der Waals surface area contributed by atoms with E-state index in [4.69, 9.17) is 27.9 Å². The van der Waals surface area contributed by atoms with Crippen LogP contribution in [0.15, 0.2) is 18.2 Å². The number of ether oxygens (including phenoxy) is 2. The van der Waals surface area contributed by atoms with Gasteiger partial charge in [-0.2, -0.15) is 0 Å². The van der Waals surface area contributed by atoms with Gasteiger partial charge >= 0.3 is 17.9 Å². The largest absolute Gasteiger partial charge is 0.494 e. The minimum Gasteiger partial charge on any atom is -0.468 e. The second-order valence-corrected chi connectivity index (χ2v) is 4.71. The van der Waals surface area contributed by atoms with E-state index >= 15 is 0 Å². The van der Waals surface area contributed by atoms with E-state index in [1.54, 1.807) is 0 Å². The highest BCUT2D eigenvalue weighted by atomic mass is 35.5. The molecule has 0 aliphatic carbocycles. The molecule has 9 nitrogen and oxygen atoms in total. The Morgan fingerprint density at radius 2 is 2.18 bits per heavy atom. The van der Waals surface area contributed by atoms with E-state index in [-0.39, 0.29) is 16.8 Å². The molecule has 0 atom stereocenters. The van der Waals surface area contributed by atoms with Gasteiger partial charge in [-0.1, -0.05) is 23.2 Å². The van der Waals surface area contributed by atoms with Gasteiger partial charge in [0, 0.05) is 10.1 Å². The van der Waals surface area contributed by atoms with Crippen LogP contribution < -0.4 is 4.74 Å². The summed E-state index contributed by atoms with van der Waals surface area (Å²) in [4.78, 5) is 24.8. The molecule has 0 amide bonds. The summed E-state index contributed by atoms with van der Waals surface area (Å²) >= 11 is 11.7. The summed E-state index contributed by atoms with van der Waals surface area (Å²) in [7, 11) is 1.17. The van der Waals surface area contributed by atoms with E-state index in [1.807, 2.05) is 0 Å². The van der Waals surface area contributed by atoms with Gasteiger partial charge in [0.2, 0.25) is 0 Å². The summed E-state index contributed by atoms with van der Waals surface area (Å²) in [5, 5.41) is 14.8. The first-order valence-electron chi connectivity index (χ1n) is 5.69. The fourth-order valence-electron chi connectivity index (χ4n) is 1.42. The molecule has 0 bridgehead atoms. The number of methoxy groups -OCH3 is 1. The van der Waals surface area contributed by atoms with Crippen LogP contribution >= 0.6 is 23.2 Å². The zero-order valence-corrected chi connectivity index (χ0v) is 12.5. The summed E-state index contributed by atoms with van der Waals surface area (Å²) in [5.41, 5.74) is 0. The molecule has 1 heterocycles. The fraction of sp³-hybridized carbons (Fsp3) is 0.182. The highest BCUT2D eigenvalue weighted by molar-refractivity contribution is 6.35. The van der Waals surface area contributed by atoms with Crippen LogP contribution in [0.4, 0.5) is 5.95 Å². The molecular weight excluding hydrogens is 339 g/mol. The van der Waals surface area contributed by atoms with Crippen molar-refractivity contribution < 1.29 is 19.2 Å². The molecule has 0 unspecified atom stereocenters. The Morgan fingerprint density at radius 1 is 1.45 bits per heavy atom. The number of benzene rings is 1. The predicted octanol–water partition coefficient (Wildman–Crippen LogP) is 2.46. The number of carbonyl (C=O) groups excluding carboxylic acids is 1. The van der Waals surface area contributed by atoms with Crippen LogP contribution in [0, 0.1) is 10.1 Å². The lowest BCUT2D eigenvalue weighted by Crippen LogP contribution is -2.13. The summed E-state index contributed by atoms with van der Waals surface area (Å²) in [6.07, 6.45) is 0. The Kier molecular flexibility index (Phi) is 4.78. The number of nitrogens with zero attached hydrogens (tertiary/aromatic N) is 4. The number of hydrogen-bond donors (Lipinski definition) is 0. The molecule has 0 N–H and O–H groups in total. The first kappa shape index (κ1) is 16.0. The van der Waals surface area contributed by atoms with Crippen molar-refractivity contribution in [2.45, 2.75) is 6.54 Å². The Hall–Kier alpha value is -2.39. The molecule has 0 saturated heterocycles. The average Bonchev–Trinajstić information content (AvgIpc) is 2.85. The topological polar surface area (TPSA) is 109 Å². The normalized spacial score (nSPS) is 10.3. The zero-order chi connectivity index (χ0) is 16.3. The number of nitro groups is 1. The second-order valence-electron chi connectivity index (χ2n) is 3.86. The Morgan fingerprint density at radius 3 is 2.77 bits per heavy atom. The molecule has 116 valence electrons. The number of esters is 1. The van der Waals surface area contributed by atoms with Crippen LogP contribution in [0.25, 0.3) is 0 Å². The van der Waals surface area contributed by atoms with Crippen LogP contribution in [-0.2, 0) is 16.1 Å². The van der Waals surface area contributed by atoms with Crippen molar-refractivity contribution in [2.24, 2.45) is 0 Å². The third-order valence-electron chi connectivity index (χ3n) is 2.39. The smallest absolute Gasteiger partial charge is 0.468 e. The molecule has 0 saturated carbocycles. The third kappa shape index (κ3) is 3.62. The van der Waals surface area contributed by atoms with Gasteiger partial charge < -0.3 is 19.6 Å². The van der Waals surface area contributed by atoms with Gasteiger partial charge in [-0.15, -0.1) is 4.68 Å². The maximum atomic E-state index is 11.3. The standard InChI is InChI=1S/C11H8Cl2N4O5/c1-21-9(18)5-16-11(14-10(15-16)17(19)20)22-8-3-2-6(12)4-7(8)13/h2-4H,5H2,1H3. The molecule has 0 spiro atoms. The number of rotatable bonds is 5. The SMILES string of the molecule is COC(=O)Cn1nc([N+](=O)[O-])nc1Oc1ccc(Cl)cc1Cl. The van der Waals surface area contributed by atoms with E-state index in [2.05, 4.69) is 14.8 Å². The van der Waals surface area contributed by atoms with Crippen molar-refractivity contribution in [3.05, 3.63) is 38.4 Å². The highest BCUT2D eigenvalue weighted by Crippen LogP contribution is 2.31. The summed E-state index contributed by atoms with van der Waals surface area (Å²) < 4.78 is 10.7. The lowest BCUT2D eigenvalue weighted by atomic mass is 10.3. The van der Waals surface area contributed by atoms with Gasteiger partial charge in [-0.3, -0.25) is 4.79 Å². The van der Waals surface area contributed by atoms with Crippen LogP contribution in [0.5, 0.6) is 11.8 Å². The number of hydrogen-bond acceptors (Lipinski definition) is 7. The lowest BCUT2D eigenvalue weighted by Gasteiger charge is -2.04. The van der Waals surface area contributed by atoms with Crippen LogP contribution in [-0.4, -0.2) is 32.8 Å². The van der Waals surface area contributed by atoms with Crippen molar-refractivity contribution in [1.29, 1.82) is 0 Å². The van der Waals surface area contributed by atoms with Gasteiger partial charge in [-0.25, -0.2) is 0 Å². The van der Waals surface area contributed by atoms with Gasteiger partial charge in [0.05, 0.1) is 12.1 Å². The van der Waals surface area contributed by atoms with Crippen LogP contribution in [0.1, 0.15) is 0 Å². The first-order valence-corrected chi connectivity index (χ1v) is 6.45. The summed E-state index contributed by atoms with van der Waals surface area (Å²) in [6, 6.07) is 4.11. The summed E-state index contributed by atoms with van der Waals surface area (Å²) in [5.74, 6) is -1.24. The molecule has 0 aliphatic rings. The highest BCUT2D eigenvalue weighted by Gasteiger charge is 2.26. The van der Waals surface area contributed by atoms with Gasteiger partial charge in [-0.05, 0) is 28.1 Å². The van der Waals surface area contributed by atoms with Gasteiger partial charge in [0.15, 0.2) is 12.3 Å². The monoisotopic (exact) mass is 346 g/mol. The van der Waals surface area contributed by atoms with Gasteiger partial charge in [0.1, 0.15) is 0 Å².